The second kappa shape index (κ2) is 11.5. The van der Waals surface area contributed by atoms with Crippen molar-refractivity contribution in [3.05, 3.63) is 57.5 Å². The maximum absolute atomic E-state index is 12.3. The van der Waals surface area contributed by atoms with Crippen molar-refractivity contribution in [3.8, 4) is 0 Å². The third kappa shape index (κ3) is 8.09. The van der Waals surface area contributed by atoms with Gasteiger partial charge in [0.25, 0.3) is 11.5 Å². The molecule has 32 heavy (non-hydrogen) atoms. The summed E-state index contributed by atoms with van der Waals surface area (Å²) in [5, 5.41) is 14.0. The highest BCUT2D eigenvalue weighted by molar-refractivity contribution is 5.94. The number of H-pyrrole nitrogens is 1. The van der Waals surface area contributed by atoms with E-state index in [4.69, 9.17) is 10.5 Å². The molecule has 1 aromatic carbocycles. The summed E-state index contributed by atoms with van der Waals surface area (Å²) in [6, 6.07) is 6.76. The maximum atomic E-state index is 12.3. The zero-order valence-corrected chi connectivity index (χ0v) is 17.9. The number of anilines is 1. The molecule has 11 nitrogen and oxygen atoms in total. The number of amides is 2. The van der Waals surface area contributed by atoms with E-state index in [1.165, 1.54) is 6.07 Å². The molecule has 2 rings (SSSR count). The minimum atomic E-state index is -1.33. The molecule has 2 amide bonds. The van der Waals surface area contributed by atoms with Crippen LogP contribution in [0.4, 0.5) is 10.7 Å². The van der Waals surface area contributed by atoms with E-state index in [0.717, 1.165) is 5.56 Å². The lowest BCUT2D eigenvalue weighted by Crippen LogP contribution is -2.48. The number of carboxylic acids is 1. The molecule has 0 aliphatic heterocycles. The van der Waals surface area contributed by atoms with Crippen LogP contribution < -0.4 is 21.9 Å². The fourth-order valence-electron chi connectivity index (χ4n) is 2.68. The van der Waals surface area contributed by atoms with Crippen molar-refractivity contribution < 1.29 is 24.2 Å². The van der Waals surface area contributed by atoms with E-state index in [1.807, 2.05) is 13.8 Å². The van der Waals surface area contributed by atoms with Gasteiger partial charge in [0.15, 0.2) is 0 Å². The zero-order valence-electron chi connectivity index (χ0n) is 17.9. The smallest absolute Gasteiger partial charge is 0.407 e. The number of carbonyl (C=O) groups is 3. The molecule has 6 N–H and O–H groups in total. The van der Waals surface area contributed by atoms with Gasteiger partial charge in [-0.1, -0.05) is 26.0 Å². The number of nitrogens with two attached hydrogens (primary N) is 1. The van der Waals surface area contributed by atoms with Gasteiger partial charge < -0.3 is 26.2 Å². The standard InChI is InChI=1S/C21H27N5O6/c1-12(2)11-32-21(31)25-16(19(29)30)10-23-18(28)14-6-3-13(4-7-14)5-8-15-9-17(27)26-20(22)24-15/h3-4,6-7,9,12,16H,5,8,10-11H2,1-2H3,(H,23,28)(H,25,31)(H,29,30)(H3,22,24,26,27). The molecular weight excluding hydrogens is 418 g/mol. The van der Waals surface area contributed by atoms with Crippen LogP contribution >= 0.6 is 0 Å². The van der Waals surface area contributed by atoms with Gasteiger partial charge in [0, 0.05) is 18.2 Å². The monoisotopic (exact) mass is 445 g/mol. The Labute approximate surface area is 184 Å². The average molecular weight is 445 g/mol. The Hall–Kier alpha value is -3.89. The Morgan fingerprint density at radius 1 is 1.19 bits per heavy atom. The molecule has 0 spiro atoms. The normalized spacial score (nSPS) is 11.6. The van der Waals surface area contributed by atoms with E-state index in [1.54, 1.807) is 24.3 Å². The lowest BCUT2D eigenvalue weighted by molar-refractivity contribution is -0.139. The number of nitrogens with one attached hydrogen (secondary N) is 3. The molecule has 172 valence electrons. The molecule has 0 radical (unpaired) electrons. The first-order valence-corrected chi connectivity index (χ1v) is 10.0. The Bertz CT molecular complexity index is 1000. The summed E-state index contributed by atoms with van der Waals surface area (Å²) in [7, 11) is 0. The second-order valence-corrected chi connectivity index (χ2v) is 7.56. The van der Waals surface area contributed by atoms with Crippen LogP contribution in [0.1, 0.15) is 35.5 Å². The second-order valence-electron chi connectivity index (χ2n) is 7.56. The number of nitrogens with zero attached hydrogens (tertiary/aromatic N) is 1. The maximum Gasteiger partial charge on any atom is 0.407 e. The first-order valence-electron chi connectivity index (χ1n) is 10.0. The number of alkyl carbamates (subject to hydrolysis) is 1. The van der Waals surface area contributed by atoms with Crippen molar-refractivity contribution in [1.82, 2.24) is 20.6 Å². The van der Waals surface area contributed by atoms with Gasteiger partial charge in [-0.05, 0) is 36.5 Å². The summed E-state index contributed by atoms with van der Waals surface area (Å²) in [5.41, 5.74) is 7.02. The largest absolute Gasteiger partial charge is 0.480 e. The lowest BCUT2D eigenvalue weighted by Gasteiger charge is -2.16. The Balaban J connectivity index is 1.87. The van der Waals surface area contributed by atoms with Gasteiger partial charge >= 0.3 is 12.1 Å². The van der Waals surface area contributed by atoms with Crippen molar-refractivity contribution >= 4 is 23.9 Å². The molecule has 0 saturated heterocycles. The number of benzene rings is 1. The minimum absolute atomic E-state index is 0.0573. The van der Waals surface area contributed by atoms with E-state index < -0.39 is 24.0 Å². The van der Waals surface area contributed by atoms with Gasteiger partial charge in [0.2, 0.25) is 5.95 Å². The number of rotatable bonds is 10. The number of aliphatic carboxylic acids is 1. The SMILES string of the molecule is CC(C)COC(=O)NC(CNC(=O)c1ccc(CCc2cc(=O)[nH]c(N)n2)cc1)C(=O)O. The van der Waals surface area contributed by atoms with Crippen LogP contribution in [0.5, 0.6) is 0 Å². The van der Waals surface area contributed by atoms with Crippen molar-refractivity contribution in [3.63, 3.8) is 0 Å². The van der Waals surface area contributed by atoms with Crippen molar-refractivity contribution in [2.45, 2.75) is 32.7 Å². The van der Waals surface area contributed by atoms with Gasteiger partial charge in [-0.15, -0.1) is 0 Å². The third-order valence-corrected chi connectivity index (χ3v) is 4.30. The van der Waals surface area contributed by atoms with Crippen LogP contribution in [-0.2, 0) is 22.4 Å². The van der Waals surface area contributed by atoms with E-state index in [0.29, 0.717) is 24.1 Å². The van der Waals surface area contributed by atoms with Crippen LogP contribution in [0.2, 0.25) is 0 Å². The number of carboxylic acid groups (broad SMARTS) is 1. The third-order valence-electron chi connectivity index (χ3n) is 4.30. The molecule has 0 aliphatic carbocycles. The summed E-state index contributed by atoms with van der Waals surface area (Å²) in [5.74, 6) is -1.61. The molecule has 1 unspecified atom stereocenters. The molecule has 2 aromatic rings. The minimum Gasteiger partial charge on any atom is -0.480 e. The van der Waals surface area contributed by atoms with E-state index in [9.17, 15) is 24.3 Å². The summed E-state index contributed by atoms with van der Waals surface area (Å²) < 4.78 is 4.90. The predicted molar refractivity (Wildman–Crippen MR) is 116 cm³/mol. The van der Waals surface area contributed by atoms with Gasteiger partial charge in [0.05, 0.1) is 12.3 Å². The molecule has 11 heteroatoms. The summed E-state index contributed by atoms with van der Waals surface area (Å²) >= 11 is 0. The molecule has 1 atom stereocenters. The number of hydrogen-bond donors (Lipinski definition) is 5. The van der Waals surface area contributed by atoms with E-state index >= 15 is 0 Å². The van der Waals surface area contributed by atoms with Crippen LogP contribution in [0.25, 0.3) is 0 Å². The fraction of sp³-hybridized carbons (Fsp3) is 0.381. The number of carbonyl (C=O) groups excluding carboxylic acids is 2. The molecule has 0 aliphatic rings. The lowest BCUT2D eigenvalue weighted by atomic mass is 10.1. The Morgan fingerprint density at radius 3 is 2.47 bits per heavy atom. The number of nitrogen functional groups attached to an aromatic ring is 1. The van der Waals surface area contributed by atoms with Gasteiger partial charge in [-0.2, -0.15) is 0 Å². The average Bonchev–Trinajstić information content (AvgIpc) is 2.73. The summed E-state index contributed by atoms with van der Waals surface area (Å²) in [6.07, 6.45) is 0.223. The number of hydrogen-bond acceptors (Lipinski definition) is 7. The fourth-order valence-corrected chi connectivity index (χ4v) is 2.68. The van der Waals surface area contributed by atoms with Crippen molar-refractivity contribution in [1.29, 1.82) is 0 Å². The molecule has 0 bridgehead atoms. The summed E-state index contributed by atoms with van der Waals surface area (Å²) in [6.45, 7) is 3.55. The molecule has 1 aromatic heterocycles. The van der Waals surface area contributed by atoms with Crippen LogP contribution in [0.15, 0.2) is 35.1 Å². The van der Waals surface area contributed by atoms with Crippen LogP contribution in [-0.4, -0.2) is 52.2 Å². The number of aryl methyl sites for hydroxylation is 2. The zero-order chi connectivity index (χ0) is 23.7. The Morgan fingerprint density at radius 2 is 1.88 bits per heavy atom. The van der Waals surface area contributed by atoms with Crippen molar-refractivity contribution in [2.75, 3.05) is 18.9 Å². The van der Waals surface area contributed by atoms with Crippen LogP contribution in [0.3, 0.4) is 0 Å². The number of aromatic amines is 1. The Kier molecular flexibility index (Phi) is 8.75. The highest BCUT2D eigenvalue weighted by atomic mass is 16.5. The molecular formula is C21H27N5O6. The quantitative estimate of drug-likeness (QED) is 0.355. The first-order chi connectivity index (χ1) is 15.1. The van der Waals surface area contributed by atoms with Gasteiger partial charge in [-0.25, -0.2) is 14.6 Å². The number of aromatic nitrogens is 2. The highest BCUT2D eigenvalue weighted by Gasteiger charge is 2.22. The van der Waals surface area contributed by atoms with E-state index in [2.05, 4.69) is 20.6 Å². The number of ether oxygens (including phenoxy) is 1. The highest BCUT2D eigenvalue weighted by Crippen LogP contribution is 2.08. The molecule has 1 heterocycles. The predicted octanol–water partition coefficient (Wildman–Crippen LogP) is 0.703. The van der Waals surface area contributed by atoms with Crippen molar-refractivity contribution in [2.24, 2.45) is 5.92 Å². The first kappa shape index (κ1) is 24.4. The molecule has 0 saturated carbocycles. The van der Waals surface area contributed by atoms with E-state index in [-0.39, 0.29) is 30.6 Å². The topological polar surface area (TPSA) is 176 Å². The van der Waals surface area contributed by atoms with Gasteiger partial charge in [0.1, 0.15) is 6.04 Å². The van der Waals surface area contributed by atoms with Crippen LogP contribution in [0, 0.1) is 5.92 Å². The van der Waals surface area contributed by atoms with Gasteiger partial charge in [-0.3, -0.25) is 14.6 Å². The summed E-state index contributed by atoms with van der Waals surface area (Å²) in [4.78, 5) is 53.2. The molecule has 0 fully saturated rings.